The van der Waals surface area contributed by atoms with E-state index < -0.39 is 5.41 Å². The van der Waals surface area contributed by atoms with E-state index in [9.17, 15) is 4.79 Å². The number of nitrogens with two attached hydrogens (primary N) is 1. The predicted octanol–water partition coefficient (Wildman–Crippen LogP) is 2.32. The van der Waals surface area contributed by atoms with Gasteiger partial charge in [0.1, 0.15) is 5.75 Å². The molecule has 3 N–H and O–H groups in total. The van der Waals surface area contributed by atoms with Crippen LogP contribution in [0.3, 0.4) is 0 Å². The summed E-state index contributed by atoms with van der Waals surface area (Å²) in [5.41, 5.74) is 6.79. The Hall–Kier alpha value is -1.55. The van der Waals surface area contributed by atoms with Gasteiger partial charge in [0.25, 0.3) is 0 Å². The molecular weight excluding hydrogens is 228 g/mol. The zero-order valence-electron chi connectivity index (χ0n) is 11.5. The molecule has 0 atom stereocenters. The molecule has 1 rings (SSSR count). The van der Waals surface area contributed by atoms with E-state index in [0.29, 0.717) is 13.2 Å². The van der Waals surface area contributed by atoms with Crippen molar-refractivity contribution in [3.63, 3.8) is 0 Å². The molecule has 0 spiro atoms. The molecular formula is C14H22N2O2. The number of hydrogen-bond acceptors (Lipinski definition) is 3. The standard InChI is InChI=1S/C14H22N2O2/c1-5-18-11-6-7-12(10(2)8-11)16-13(17)14(3,4)9-15/h6-8H,5,9,15H2,1-4H3,(H,16,17). The fraction of sp³-hybridized carbons (Fsp3) is 0.500. The van der Waals surface area contributed by atoms with Crippen molar-refractivity contribution in [3.8, 4) is 5.75 Å². The third-order valence-corrected chi connectivity index (χ3v) is 2.88. The normalized spacial score (nSPS) is 11.2. The molecule has 0 heterocycles. The number of ether oxygens (including phenoxy) is 1. The smallest absolute Gasteiger partial charge is 0.231 e. The van der Waals surface area contributed by atoms with Gasteiger partial charge in [-0.05, 0) is 51.5 Å². The van der Waals surface area contributed by atoms with E-state index in [1.165, 1.54) is 0 Å². The molecule has 0 saturated heterocycles. The van der Waals surface area contributed by atoms with Gasteiger partial charge in [-0.25, -0.2) is 0 Å². The second-order valence-corrected chi connectivity index (χ2v) is 4.95. The Morgan fingerprint density at radius 3 is 2.61 bits per heavy atom. The first-order valence-electron chi connectivity index (χ1n) is 6.15. The van der Waals surface area contributed by atoms with Gasteiger partial charge < -0.3 is 15.8 Å². The average molecular weight is 250 g/mol. The quantitative estimate of drug-likeness (QED) is 0.843. The van der Waals surface area contributed by atoms with Crippen LogP contribution in [0, 0.1) is 12.3 Å². The Morgan fingerprint density at radius 1 is 1.44 bits per heavy atom. The van der Waals surface area contributed by atoms with Crippen LogP contribution in [-0.4, -0.2) is 19.1 Å². The molecule has 1 aromatic rings. The first-order chi connectivity index (χ1) is 8.40. The summed E-state index contributed by atoms with van der Waals surface area (Å²) in [6.07, 6.45) is 0. The number of nitrogens with one attached hydrogen (secondary N) is 1. The summed E-state index contributed by atoms with van der Waals surface area (Å²) in [5.74, 6) is 0.739. The van der Waals surface area contributed by atoms with Crippen LogP contribution in [0.2, 0.25) is 0 Å². The molecule has 4 nitrogen and oxygen atoms in total. The summed E-state index contributed by atoms with van der Waals surface area (Å²) in [6, 6.07) is 5.61. The fourth-order valence-corrected chi connectivity index (χ4v) is 1.42. The summed E-state index contributed by atoms with van der Waals surface area (Å²) in [4.78, 5) is 12.0. The van der Waals surface area contributed by atoms with E-state index in [1.807, 2.05) is 45.9 Å². The number of amides is 1. The molecule has 1 amide bonds. The molecule has 0 aromatic heterocycles. The van der Waals surface area contributed by atoms with Crippen LogP contribution in [0.1, 0.15) is 26.3 Å². The lowest BCUT2D eigenvalue weighted by Gasteiger charge is -2.22. The van der Waals surface area contributed by atoms with E-state index in [1.54, 1.807) is 0 Å². The highest BCUT2D eigenvalue weighted by atomic mass is 16.5. The lowest BCUT2D eigenvalue weighted by molar-refractivity contribution is -0.123. The third-order valence-electron chi connectivity index (χ3n) is 2.88. The summed E-state index contributed by atoms with van der Waals surface area (Å²) >= 11 is 0. The summed E-state index contributed by atoms with van der Waals surface area (Å²) in [7, 11) is 0. The molecule has 100 valence electrons. The Labute approximate surface area is 109 Å². The van der Waals surface area contributed by atoms with Gasteiger partial charge in [0.05, 0.1) is 12.0 Å². The maximum atomic E-state index is 12.0. The number of hydrogen-bond donors (Lipinski definition) is 2. The number of carbonyl (C=O) groups excluding carboxylic acids is 1. The Bertz CT molecular complexity index is 428. The van der Waals surface area contributed by atoms with E-state index >= 15 is 0 Å². The van der Waals surface area contributed by atoms with Crippen molar-refractivity contribution in [3.05, 3.63) is 23.8 Å². The lowest BCUT2D eigenvalue weighted by Crippen LogP contribution is -2.37. The molecule has 0 aliphatic heterocycles. The van der Waals surface area contributed by atoms with E-state index in [2.05, 4.69) is 5.32 Å². The highest BCUT2D eigenvalue weighted by Gasteiger charge is 2.26. The second kappa shape index (κ2) is 5.87. The third kappa shape index (κ3) is 3.47. The van der Waals surface area contributed by atoms with Crippen LogP contribution in [0.25, 0.3) is 0 Å². The van der Waals surface area contributed by atoms with Crippen molar-refractivity contribution in [1.29, 1.82) is 0 Å². The average Bonchev–Trinajstić information content (AvgIpc) is 2.32. The molecule has 0 aliphatic rings. The van der Waals surface area contributed by atoms with Gasteiger partial charge in [-0.15, -0.1) is 0 Å². The Balaban J connectivity index is 2.83. The topological polar surface area (TPSA) is 64.3 Å². The number of carbonyl (C=O) groups is 1. The summed E-state index contributed by atoms with van der Waals surface area (Å²) < 4.78 is 5.40. The maximum absolute atomic E-state index is 12.0. The zero-order valence-corrected chi connectivity index (χ0v) is 11.5. The Kier molecular flexibility index (Phi) is 4.73. The summed E-state index contributed by atoms with van der Waals surface area (Å²) in [5, 5.41) is 2.90. The van der Waals surface area contributed by atoms with Gasteiger partial charge in [-0.1, -0.05) is 0 Å². The largest absolute Gasteiger partial charge is 0.494 e. The predicted molar refractivity (Wildman–Crippen MR) is 73.8 cm³/mol. The highest BCUT2D eigenvalue weighted by Crippen LogP contribution is 2.23. The van der Waals surface area contributed by atoms with Gasteiger partial charge >= 0.3 is 0 Å². The van der Waals surface area contributed by atoms with Crippen molar-refractivity contribution in [2.45, 2.75) is 27.7 Å². The van der Waals surface area contributed by atoms with Crippen LogP contribution < -0.4 is 15.8 Å². The lowest BCUT2D eigenvalue weighted by atomic mass is 9.92. The SMILES string of the molecule is CCOc1ccc(NC(=O)C(C)(C)CN)c(C)c1. The highest BCUT2D eigenvalue weighted by molar-refractivity contribution is 5.95. The van der Waals surface area contributed by atoms with Crippen LogP contribution in [0.4, 0.5) is 5.69 Å². The minimum atomic E-state index is -0.564. The molecule has 0 fully saturated rings. The van der Waals surface area contributed by atoms with Crippen LogP contribution in [0.5, 0.6) is 5.75 Å². The second-order valence-electron chi connectivity index (χ2n) is 4.95. The number of anilines is 1. The van der Waals surface area contributed by atoms with Gasteiger partial charge in [0, 0.05) is 12.2 Å². The number of aryl methyl sites for hydroxylation is 1. The van der Waals surface area contributed by atoms with Crippen molar-refractivity contribution >= 4 is 11.6 Å². The molecule has 0 radical (unpaired) electrons. The summed E-state index contributed by atoms with van der Waals surface area (Å²) in [6.45, 7) is 8.47. The fourth-order valence-electron chi connectivity index (χ4n) is 1.42. The molecule has 1 aromatic carbocycles. The molecule has 0 aliphatic carbocycles. The maximum Gasteiger partial charge on any atom is 0.231 e. The van der Waals surface area contributed by atoms with Crippen LogP contribution >= 0.6 is 0 Å². The first kappa shape index (κ1) is 14.5. The van der Waals surface area contributed by atoms with E-state index in [4.69, 9.17) is 10.5 Å². The van der Waals surface area contributed by atoms with E-state index in [0.717, 1.165) is 17.0 Å². The van der Waals surface area contributed by atoms with Crippen molar-refractivity contribution in [2.24, 2.45) is 11.1 Å². The van der Waals surface area contributed by atoms with Crippen molar-refractivity contribution in [2.75, 3.05) is 18.5 Å². The molecule has 18 heavy (non-hydrogen) atoms. The minimum Gasteiger partial charge on any atom is -0.494 e. The zero-order chi connectivity index (χ0) is 13.8. The Morgan fingerprint density at radius 2 is 2.11 bits per heavy atom. The van der Waals surface area contributed by atoms with E-state index in [-0.39, 0.29) is 5.91 Å². The van der Waals surface area contributed by atoms with Crippen molar-refractivity contribution < 1.29 is 9.53 Å². The number of benzene rings is 1. The molecule has 0 bridgehead atoms. The van der Waals surface area contributed by atoms with Gasteiger partial charge in [0.15, 0.2) is 0 Å². The number of rotatable bonds is 5. The van der Waals surface area contributed by atoms with Crippen molar-refractivity contribution in [1.82, 2.24) is 0 Å². The first-order valence-corrected chi connectivity index (χ1v) is 6.15. The minimum absolute atomic E-state index is 0.0720. The van der Waals surface area contributed by atoms with Gasteiger partial charge in [-0.3, -0.25) is 4.79 Å². The molecule has 0 saturated carbocycles. The van der Waals surface area contributed by atoms with Crippen LogP contribution in [0.15, 0.2) is 18.2 Å². The van der Waals surface area contributed by atoms with Crippen LogP contribution in [-0.2, 0) is 4.79 Å². The monoisotopic (exact) mass is 250 g/mol. The molecule has 0 unspecified atom stereocenters. The van der Waals surface area contributed by atoms with Gasteiger partial charge in [0.2, 0.25) is 5.91 Å². The molecule has 4 heteroatoms. The van der Waals surface area contributed by atoms with Gasteiger partial charge in [-0.2, -0.15) is 0 Å².